The number of hydrogen-bond donors (Lipinski definition) is 1. The van der Waals surface area contributed by atoms with Gasteiger partial charge in [0.05, 0.1) is 10.3 Å². The van der Waals surface area contributed by atoms with Crippen LogP contribution in [0.15, 0.2) is 15.9 Å². The van der Waals surface area contributed by atoms with Crippen molar-refractivity contribution in [2.45, 2.75) is 32.8 Å². The predicted octanol–water partition coefficient (Wildman–Crippen LogP) is 2.98. The van der Waals surface area contributed by atoms with Gasteiger partial charge >= 0.3 is 5.97 Å². The van der Waals surface area contributed by atoms with Gasteiger partial charge in [0, 0.05) is 11.4 Å². The van der Waals surface area contributed by atoms with Crippen molar-refractivity contribution in [3.63, 3.8) is 0 Å². The highest BCUT2D eigenvalue weighted by Crippen LogP contribution is 2.21. The van der Waals surface area contributed by atoms with Gasteiger partial charge in [-0.05, 0) is 55.3 Å². The van der Waals surface area contributed by atoms with E-state index in [1.165, 1.54) is 4.88 Å². The predicted molar refractivity (Wildman–Crippen MR) is 74.4 cm³/mol. The molecule has 0 aromatic carbocycles. The Hall–Kier alpha value is -0.390. The van der Waals surface area contributed by atoms with Gasteiger partial charge in [-0.3, -0.25) is 4.79 Å². The summed E-state index contributed by atoms with van der Waals surface area (Å²) in [7, 11) is 0. The molecule has 0 amide bonds. The lowest BCUT2D eigenvalue weighted by Crippen LogP contribution is -2.32. The summed E-state index contributed by atoms with van der Waals surface area (Å²) in [4.78, 5) is 12.7. The summed E-state index contributed by atoms with van der Waals surface area (Å²) in [6.07, 6.45) is 0.930. The third-order valence-corrected chi connectivity index (χ3v) is 3.55. The molecule has 0 saturated heterocycles. The average molecular weight is 320 g/mol. The first-order valence-corrected chi connectivity index (χ1v) is 7.14. The molecule has 0 aliphatic heterocycles. The molecule has 96 valence electrons. The summed E-state index contributed by atoms with van der Waals surface area (Å²) in [5.41, 5.74) is -0.405. The number of hydrogen-bond acceptors (Lipinski definition) is 4. The molecular formula is C12H18BrNO2S. The fraction of sp³-hybridized carbons (Fsp3) is 0.583. The smallest absolute Gasteiger partial charge is 0.320 e. The molecule has 0 saturated carbocycles. The van der Waals surface area contributed by atoms with Crippen LogP contribution in [0.5, 0.6) is 0 Å². The first-order valence-electron chi connectivity index (χ1n) is 5.53. The quantitative estimate of drug-likeness (QED) is 0.669. The number of halogens is 1. The van der Waals surface area contributed by atoms with Crippen LogP contribution in [0.2, 0.25) is 0 Å². The zero-order valence-corrected chi connectivity index (χ0v) is 12.8. The molecule has 5 heteroatoms. The van der Waals surface area contributed by atoms with E-state index in [0.717, 1.165) is 16.8 Å². The Morgan fingerprint density at radius 2 is 2.18 bits per heavy atom. The molecular weight excluding hydrogens is 302 g/mol. The maximum Gasteiger partial charge on any atom is 0.320 e. The van der Waals surface area contributed by atoms with Gasteiger partial charge in [-0.1, -0.05) is 0 Å². The number of thiophene rings is 1. The van der Waals surface area contributed by atoms with Crippen LogP contribution >= 0.6 is 27.3 Å². The highest BCUT2D eigenvalue weighted by Gasteiger charge is 2.15. The van der Waals surface area contributed by atoms with E-state index in [9.17, 15) is 4.79 Å². The van der Waals surface area contributed by atoms with Crippen LogP contribution in [0.1, 0.15) is 25.6 Å². The SMILES string of the molecule is CC(C)(C)OC(=O)CNCCc1ccc(Br)s1. The van der Waals surface area contributed by atoms with Gasteiger partial charge in [-0.25, -0.2) is 0 Å². The number of ether oxygens (including phenoxy) is 1. The number of carbonyl (C=O) groups excluding carboxylic acids is 1. The van der Waals surface area contributed by atoms with Gasteiger partial charge in [0.2, 0.25) is 0 Å². The fourth-order valence-electron chi connectivity index (χ4n) is 1.27. The zero-order chi connectivity index (χ0) is 12.9. The first-order chi connectivity index (χ1) is 7.87. The maximum atomic E-state index is 11.4. The monoisotopic (exact) mass is 319 g/mol. The molecule has 0 radical (unpaired) electrons. The molecule has 1 N–H and O–H groups in total. The molecule has 0 atom stereocenters. The topological polar surface area (TPSA) is 38.3 Å². The molecule has 0 bridgehead atoms. The Bertz CT molecular complexity index is 371. The van der Waals surface area contributed by atoms with E-state index >= 15 is 0 Å². The minimum absolute atomic E-state index is 0.204. The van der Waals surface area contributed by atoms with E-state index in [-0.39, 0.29) is 12.5 Å². The summed E-state index contributed by atoms with van der Waals surface area (Å²) < 4.78 is 6.33. The van der Waals surface area contributed by atoms with Gasteiger partial charge < -0.3 is 10.1 Å². The third-order valence-electron chi connectivity index (χ3n) is 1.87. The van der Waals surface area contributed by atoms with Crippen LogP contribution in [-0.4, -0.2) is 24.7 Å². The van der Waals surface area contributed by atoms with Gasteiger partial charge in [0.15, 0.2) is 0 Å². The largest absolute Gasteiger partial charge is 0.459 e. The maximum absolute atomic E-state index is 11.4. The second-order valence-corrected chi connectivity index (χ2v) is 7.27. The van der Waals surface area contributed by atoms with Gasteiger partial charge in [0.25, 0.3) is 0 Å². The number of rotatable bonds is 5. The van der Waals surface area contributed by atoms with Crippen molar-refractivity contribution < 1.29 is 9.53 Å². The van der Waals surface area contributed by atoms with E-state index in [1.807, 2.05) is 26.8 Å². The molecule has 1 heterocycles. The zero-order valence-electron chi connectivity index (χ0n) is 10.4. The van der Waals surface area contributed by atoms with Crippen LogP contribution in [-0.2, 0) is 16.0 Å². The Morgan fingerprint density at radius 1 is 1.47 bits per heavy atom. The van der Waals surface area contributed by atoms with Gasteiger partial charge in [-0.15, -0.1) is 11.3 Å². The molecule has 3 nitrogen and oxygen atoms in total. The van der Waals surface area contributed by atoms with Crippen molar-refractivity contribution in [2.24, 2.45) is 0 Å². The highest BCUT2D eigenvalue weighted by atomic mass is 79.9. The van der Waals surface area contributed by atoms with Crippen molar-refractivity contribution in [3.8, 4) is 0 Å². The lowest BCUT2D eigenvalue weighted by molar-refractivity contribution is -0.153. The van der Waals surface area contributed by atoms with Crippen LogP contribution in [0, 0.1) is 0 Å². The Morgan fingerprint density at radius 3 is 2.71 bits per heavy atom. The summed E-state index contributed by atoms with van der Waals surface area (Å²) in [5, 5.41) is 3.08. The lowest BCUT2D eigenvalue weighted by atomic mass is 10.2. The van der Waals surface area contributed by atoms with Gasteiger partial charge in [0.1, 0.15) is 5.60 Å². The van der Waals surface area contributed by atoms with Crippen LogP contribution in [0.25, 0.3) is 0 Å². The van der Waals surface area contributed by atoms with Crippen LogP contribution in [0.4, 0.5) is 0 Å². The summed E-state index contributed by atoms with van der Waals surface area (Å²) in [6, 6.07) is 4.12. The molecule has 0 aliphatic carbocycles. The highest BCUT2D eigenvalue weighted by molar-refractivity contribution is 9.11. The van der Waals surface area contributed by atoms with E-state index in [2.05, 4.69) is 27.3 Å². The van der Waals surface area contributed by atoms with Crippen molar-refractivity contribution >= 4 is 33.2 Å². The summed E-state index contributed by atoms with van der Waals surface area (Å²) in [5.74, 6) is -0.204. The van der Waals surface area contributed by atoms with E-state index < -0.39 is 5.60 Å². The minimum Gasteiger partial charge on any atom is -0.459 e. The molecule has 0 spiro atoms. The van der Waals surface area contributed by atoms with E-state index in [4.69, 9.17) is 4.74 Å². The normalized spacial score (nSPS) is 11.5. The molecule has 0 unspecified atom stereocenters. The van der Waals surface area contributed by atoms with E-state index in [0.29, 0.717) is 0 Å². The fourth-order valence-corrected chi connectivity index (χ4v) is 2.75. The third kappa shape index (κ3) is 6.81. The Labute approximate surface area is 115 Å². The average Bonchev–Trinajstić information content (AvgIpc) is 2.56. The molecule has 17 heavy (non-hydrogen) atoms. The second kappa shape index (κ2) is 6.52. The van der Waals surface area contributed by atoms with Crippen molar-refractivity contribution in [2.75, 3.05) is 13.1 Å². The summed E-state index contributed by atoms with van der Waals surface area (Å²) >= 11 is 5.14. The number of nitrogens with one attached hydrogen (secondary N) is 1. The van der Waals surface area contributed by atoms with Crippen molar-refractivity contribution in [1.82, 2.24) is 5.32 Å². The van der Waals surface area contributed by atoms with Crippen molar-refractivity contribution in [1.29, 1.82) is 0 Å². The molecule has 0 aliphatic rings. The molecule has 1 aromatic heterocycles. The molecule has 1 rings (SSSR count). The Kier molecular flexibility index (Phi) is 5.62. The van der Waals surface area contributed by atoms with E-state index in [1.54, 1.807) is 11.3 Å². The van der Waals surface area contributed by atoms with Crippen LogP contribution < -0.4 is 5.32 Å². The molecule has 1 aromatic rings. The lowest BCUT2D eigenvalue weighted by Gasteiger charge is -2.19. The molecule has 0 fully saturated rings. The number of esters is 1. The minimum atomic E-state index is -0.405. The Balaban J connectivity index is 2.14. The first kappa shape index (κ1) is 14.7. The van der Waals surface area contributed by atoms with Crippen LogP contribution in [0.3, 0.4) is 0 Å². The number of carbonyl (C=O) groups is 1. The summed E-state index contributed by atoms with van der Waals surface area (Å²) in [6.45, 7) is 6.66. The standard InChI is InChI=1S/C12H18BrNO2S/c1-12(2,3)16-11(15)8-14-7-6-9-4-5-10(13)17-9/h4-5,14H,6-8H2,1-3H3. The van der Waals surface area contributed by atoms with Gasteiger partial charge in [-0.2, -0.15) is 0 Å². The second-order valence-electron chi connectivity index (χ2n) is 4.72. The van der Waals surface area contributed by atoms with Crippen molar-refractivity contribution in [3.05, 3.63) is 20.8 Å².